The molecule has 2 aromatic heterocycles. The summed E-state index contributed by atoms with van der Waals surface area (Å²) in [6.45, 7) is 2.70. The zero-order valence-electron chi connectivity index (χ0n) is 24.1. The molecule has 1 saturated carbocycles. The van der Waals surface area contributed by atoms with Gasteiger partial charge in [-0.1, -0.05) is 6.07 Å². The molecule has 16 heteroatoms. The number of carbonyl (C=O) groups is 2. The topological polar surface area (TPSA) is 115 Å². The molecule has 1 aliphatic heterocycles. The maximum Gasteiger partial charge on any atom is 0.410 e. The number of methoxy groups -OCH3 is 1. The minimum absolute atomic E-state index is 0.00363. The largest absolute Gasteiger partial charge is 0.438 e. The molecule has 44 heavy (non-hydrogen) atoms. The molecule has 0 spiro atoms. The predicted octanol–water partition coefficient (Wildman–Crippen LogP) is 5.68. The number of aromatic nitrogens is 3. The molecular weight excluding hydrogens is 598 g/mol. The first-order valence-electron chi connectivity index (χ1n) is 14.1. The minimum Gasteiger partial charge on any atom is -0.438 e. The van der Waals surface area contributed by atoms with Crippen molar-refractivity contribution in [3.05, 3.63) is 47.4 Å². The van der Waals surface area contributed by atoms with E-state index in [1.54, 1.807) is 19.9 Å². The minimum atomic E-state index is -4.63. The van der Waals surface area contributed by atoms with Crippen LogP contribution in [0, 0.1) is 11.7 Å². The summed E-state index contributed by atoms with van der Waals surface area (Å²) in [6.07, 6.45) is -4.47. The SMILES string of the molecule is COC[C@H](c1ccc2oc([C@@H](NC(=O)c3c(F)cnn3C(C)C)C3CCC(F)(F)CC3)nc2c1)N1C[C@@H](C(F)(F)F)NC1=O. The monoisotopic (exact) mass is 630 g/mol. The number of hydrogen-bond acceptors (Lipinski definition) is 6. The van der Waals surface area contributed by atoms with Gasteiger partial charge in [-0.3, -0.25) is 9.48 Å². The third kappa shape index (κ3) is 6.35. The van der Waals surface area contributed by atoms with Crippen LogP contribution in [0.1, 0.15) is 79.6 Å². The maximum atomic E-state index is 14.6. The van der Waals surface area contributed by atoms with E-state index in [1.165, 1.54) is 23.9 Å². The summed E-state index contributed by atoms with van der Waals surface area (Å²) < 4.78 is 95.0. The summed E-state index contributed by atoms with van der Waals surface area (Å²) in [7, 11) is 1.35. The second-order valence-corrected chi connectivity index (χ2v) is 11.5. The van der Waals surface area contributed by atoms with Crippen molar-refractivity contribution in [3.63, 3.8) is 0 Å². The van der Waals surface area contributed by atoms with Crippen LogP contribution < -0.4 is 10.6 Å². The smallest absolute Gasteiger partial charge is 0.410 e. The van der Waals surface area contributed by atoms with Crippen LogP contribution in [0.3, 0.4) is 0 Å². The number of rotatable bonds is 9. The van der Waals surface area contributed by atoms with E-state index in [2.05, 4.69) is 15.4 Å². The fourth-order valence-electron chi connectivity index (χ4n) is 5.77. The molecule has 1 aromatic carbocycles. The third-order valence-electron chi connectivity index (χ3n) is 8.09. The quantitative estimate of drug-likeness (QED) is 0.294. The van der Waals surface area contributed by atoms with Crippen molar-refractivity contribution in [1.29, 1.82) is 0 Å². The summed E-state index contributed by atoms with van der Waals surface area (Å²) >= 11 is 0. The maximum absolute atomic E-state index is 14.6. The molecule has 3 aromatic rings. The molecule has 0 unspecified atom stereocenters. The van der Waals surface area contributed by atoms with Crippen LogP contribution in [0.25, 0.3) is 11.1 Å². The van der Waals surface area contributed by atoms with Crippen LogP contribution in [0.15, 0.2) is 28.8 Å². The Balaban J connectivity index is 1.47. The lowest BCUT2D eigenvalue weighted by atomic mass is 9.82. The van der Waals surface area contributed by atoms with E-state index in [-0.39, 0.29) is 48.2 Å². The summed E-state index contributed by atoms with van der Waals surface area (Å²) in [5.74, 6) is -5.05. The van der Waals surface area contributed by atoms with Crippen LogP contribution in [0.5, 0.6) is 0 Å². The molecule has 2 N–H and O–H groups in total. The molecule has 3 atom stereocenters. The Morgan fingerprint density at radius 3 is 2.57 bits per heavy atom. The number of ether oxygens (including phenoxy) is 1. The van der Waals surface area contributed by atoms with Crippen molar-refractivity contribution in [3.8, 4) is 0 Å². The summed E-state index contributed by atoms with van der Waals surface area (Å²) in [5, 5.41) is 8.59. The molecular formula is C28H32F6N6O4. The van der Waals surface area contributed by atoms with Gasteiger partial charge < -0.3 is 24.7 Å². The molecule has 3 amide bonds. The summed E-state index contributed by atoms with van der Waals surface area (Å²) in [4.78, 5) is 31.4. The highest BCUT2D eigenvalue weighted by Crippen LogP contribution is 2.42. The molecule has 2 aliphatic rings. The zero-order chi connectivity index (χ0) is 32.0. The number of alkyl halides is 5. The van der Waals surface area contributed by atoms with Crippen molar-refractivity contribution >= 4 is 23.0 Å². The molecule has 1 aliphatic carbocycles. The Kier molecular flexibility index (Phi) is 8.57. The van der Waals surface area contributed by atoms with E-state index in [0.717, 1.165) is 11.1 Å². The molecule has 0 bridgehead atoms. The van der Waals surface area contributed by atoms with Crippen molar-refractivity contribution < 1.29 is 45.1 Å². The first-order valence-corrected chi connectivity index (χ1v) is 14.1. The number of nitrogens with one attached hydrogen (secondary N) is 2. The number of amides is 3. The van der Waals surface area contributed by atoms with Crippen LogP contribution in [-0.4, -0.2) is 70.0 Å². The van der Waals surface area contributed by atoms with Gasteiger partial charge in [0.2, 0.25) is 11.8 Å². The second kappa shape index (κ2) is 11.9. The van der Waals surface area contributed by atoms with E-state index >= 15 is 0 Å². The number of fused-ring (bicyclic) bond motifs is 1. The van der Waals surface area contributed by atoms with Gasteiger partial charge in [0.05, 0.1) is 25.4 Å². The highest BCUT2D eigenvalue weighted by molar-refractivity contribution is 5.93. The van der Waals surface area contributed by atoms with Gasteiger partial charge in [-0.15, -0.1) is 0 Å². The first-order chi connectivity index (χ1) is 20.7. The van der Waals surface area contributed by atoms with Crippen molar-refractivity contribution in [2.24, 2.45) is 5.92 Å². The van der Waals surface area contributed by atoms with Gasteiger partial charge >= 0.3 is 12.2 Å². The van der Waals surface area contributed by atoms with Gasteiger partial charge in [0.15, 0.2) is 17.1 Å². The lowest BCUT2D eigenvalue weighted by Gasteiger charge is -2.32. The van der Waals surface area contributed by atoms with Crippen molar-refractivity contribution in [1.82, 2.24) is 30.3 Å². The van der Waals surface area contributed by atoms with Gasteiger partial charge in [0, 0.05) is 26.0 Å². The molecule has 3 heterocycles. The van der Waals surface area contributed by atoms with E-state index in [9.17, 15) is 35.9 Å². The van der Waals surface area contributed by atoms with E-state index in [0.29, 0.717) is 5.56 Å². The lowest BCUT2D eigenvalue weighted by molar-refractivity contribution is -0.150. The Bertz CT molecular complexity index is 1510. The number of oxazole rings is 1. The molecule has 240 valence electrons. The predicted molar refractivity (Wildman–Crippen MR) is 143 cm³/mol. The van der Waals surface area contributed by atoms with E-state index in [1.807, 2.05) is 5.32 Å². The molecule has 1 saturated heterocycles. The molecule has 10 nitrogen and oxygen atoms in total. The van der Waals surface area contributed by atoms with Gasteiger partial charge in [0.1, 0.15) is 17.6 Å². The lowest BCUT2D eigenvalue weighted by Crippen LogP contribution is -2.40. The number of nitrogens with zero attached hydrogens (tertiary/aromatic N) is 4. The average molecular weight is 631 g/mol. The van der Waals surface area contributed by atoms with Crippen LogP contribution >= 0.6 is 0 Å². The molecule has 2 fully saturated rings. The highest BCUT2D eigenvalue weighted by atomic mass is 19.4. The van der Waals surface area contributed by atoms with Gasteiger partial charge in [-0.05, 0) is 50.3 Å². The van der Waals surface area contributed by atoms with Gasteiger partial charge in [-0.2, -0.15) is 18.3 Å². The van der Waals surface area contributed by atoms with Crippen LogP contribution in [0.2, 0.25) is 0 Å². The number of hydrogen-bond donors (Lipinski definition) is 2. The highest BCUT2D eigenvalue weighted by Gasteiger charge is 2.48. The fourth-order valence-corrected chi connectivity index (χ4v) is 5.77. The van der Waals surface area contributed by atoms with Crippen LogP contribution in [-0.2, 0) is 4.74 Å². The van der Waals surface area contributed by atoms with E-state index in [4.69, 9.17) is 9.15 Å². The zero-order valence-corrected chi connectivity index (χ0v) is 24.1. The normalized spacial score (nSPS) is 20.7. The Morgan fingerprint density at radius 1 is 1.25 bits per heavy atom. The number of carbonyl (C=O) groups excluding carboxylic acids is 2. The van der Waals surface area contributed by atoms with Gasteiger partial charge in [-0.25, -0.2) is 22.9 Å². The standard InChI is InChI=1S/C28H32F6N6O4/c1-14(2)40-23(17(29)11-35-40)24(41)38-22(15-6-8-27(30,31)9-7-15)25-36-18-10-16(4-5-20(18)44-25)19(13-43-3)39-12-21(28(32,33)34)37-26(39)42/h4-5,10-11,14-15,19,21-22H,6-9,12-13H2,1-3H3,(H,37,42)(H,38,41)/t19-,21+,22+/m1/s1. The average Bonchev–Trinajstić information content (AvgIpc) is 3.66. The fraction of sp³-hybridized carbons (Fsp3) is 0.571. The third-order valence-corrected chi connectivity index (χ3v) is 8.09. The Morgan fingerprint density at radius 2 is 1.95 bits per heavy atom. The van der Waals surface area contributed by atoms with Crippen molar-refractivity contribution in [2.45, 2.75) is 75.8 Å². The number of benzene rings is 1. The van der Waals surface area contributed by atoms with Crippen molar-refractivity contribution in [2.75, 3.05) is 20.3 Å². The first kappa shape index (κ1) is 31.6. The molecule has 0 radical (unpaired) electrons. The summed E-state index contributed by atoms with van der Waals surface area (Å²) in [5.41, 5.74) is 0.591. The Labute approximate surface area is 248 Å². The number of urea groups is 1. The summed E-state index contributed by atoms with van der Waals surface area (Å²) in [6, 6.07) is -0.592. The second-order valence-electron chi connectivity index (χ2n) is 11.5. The Hall–Kier alpha value is -3.82. The van der Waals surface area contributed by atoms with Gasteiger partial charge in [0.25, 0.3) is 5.91 Å². The molecule has 5 rings (SSSR count). The number of halogens is 6. The van der Waals surface area contributed by atoms with Crippen LogP contribution in [0.4, 0.5) is 31.1 Å². The van der Waals surface area contributed by atoms with E-state index < -0.39 is 73.3 Å².